The third kappa shape index (κ3) is 4.82. The van der Waals surface area contributed by atoms with E-state index in [2.05, 4.69) is 42.4 Å². The van der Waals surface area contributed by atoms with Gasteiger partial charge in [-0.15, -0.1) is 0 Å². The number of carbonyl (C=O) groups is 1. The van der Waals surface area contributed by atoms with Crippen molar-refractivity contribution in [1.82, 2.24) is 10.2 Å². The van der Waals surface area contributed by atoms with Crippen LogP contribution in [-0.4, -0.2) is 43.5 Å². The molecule has 0 atom stereocenters. The van der Waals surface area contributed by atoms with E-state index in [1.54, 1.807) is 0 Å². The average molecular weight is 303 g/mol. The fourth-order valence-electron chi connectivity index (χ4n) is 2.98. The van der Waals surface area contributed by atoms with E-state index in [1.807, 2.05) is 12.1 Å². The van der Waals surface area contributed by atoms with E-state index in [1.165, 1.54) is 18.4 Å². The van der Waals surface area contributed by atoms with E-state index in [0.29, 0.717) is 6.54 Å². The molecule has 4 heteroatoms. The minimum Gasteiger partial charge on any atom is -0.325 e. The van der Waals surface area contributed by atoms with Crippen LogP contribution in [0.3, 0.4) is 0 Å². The highest BCUT2D eigenvalue weighted by Gasteiger charge is 2.20. The summed E-state index contributed by atoms with van der Waals surface area (Å²) in [5.74, 6) is 0.858. The highest BCUT2D eigenvalue weighted by molar-refractivity contribution is 5.93. The molecule has 0 unspecified atom stereocenters. The summed E-state index contributed by atoms with van der Waals surface area (Å²) in [6.45, 7) is 11.0. The van der Waals surface area contributed by atoms with Crippen molar-refractivity contribution in [2.24, 2.45) is 5.92 Å². The number of benzene rings is 1. The number of amides is 1. The molecule has 1 aliphatic heterocycles. The molecule has 0 saturated carbocycles. The highest BCUT2D eigenvalue weighted by Crippen LogP contribution is 2.19. The zero-order chi connectivity index (χ0) is 15.9. The Kier molecular flexibility index (Phi) is 6.40. The van der Waals surface area contributed by atoms with E-state index >= 15 is 0 Å². The summed E-state index contributed by atoms with van der Waals surface area (Å²) in [5, 5.41) is 6.47. The Morgan fingerprint density at radius 3 is 2.68 bits per heavy atom. The topological polar surface area (TPSA) is 44.4 Å². The first kappa shape index (κ1) is 17.0. The second kappa shape index (κ2) is 8.30. The molecule has 1 fully saturated rings. The van der Waals surface area contributed by atoms with Gasteiger partial charge in [-0.25, -0.2) is 0 Å². The van der Waals surface area contributed by atoms with Crippen molar-refractivity contribution in [3.05, 3.63) is 29.3 Å². The molecule has 2 rings (SSSR count). The zero-order valence-corrected chi connectivity index (χ0v) is 14.1. The molecule has 1 heterocycles. The summed E-state index contributed by atoms with van der Waals surface area (Å²) in [6, 6.07) is 6.03. The predicted octanol–water partition coefficient (Wildman–Crippen LogP) is 2.56. The number of hydrogen-bond acceptors (Lipinski definition) is 3. The molecule has 1 aromatic rings. The van der Waals surface area contributed by atoms with Crippen LogP contribution in [0.25, 0.3) is 0 Å². The third-order valence-electron chi connectivity index (χ3n) is 4.64. The lowest BCUT2D eigenvalue weighted by atomic mass is 9.97. The molecule has 1 aliphatic rings. The maximum absolute atomic E-state index is 12.2. The van der Waals surface area contributed by atoms with Gasteiger partial charge < -0.3 is 10.6 Å². The van der Waals surface area contributed by atoms with E-state index in [4.69, 9.17) is 0 Å². The van der Waals surface area contributed by atoms with E-state index < -0.39 is 0 Å². The number of piperidine rings is 1. The number of nitrogens with zero attached hydrogens (tertiary/aromatic N) is 1. The minimum atomic E-state index is 0.0961. The SMILES string of the molecule is CCNCC1CCN(CC(=O)Nc2cccc(C)c2C)CC1. The standard InChI is InChI=1S/C18H29N3O/c1-4-19-12-16-8-10-21(11-9-16)13-18(22)20-17-7-5-6-14(2)15(17)3/h5-7,16,19H,4,8-13H2,1-3H3,(H,20,22). The summed E-state index contributed by atoms with van der Waals surface area (Å²) in [5.41, 5.74) is 3.30. The van der Waals surface area contributed by atoms with Gasteiger partial charge in [0.25, 0.3) is 0 Å². The van der Waals surface area contributed by atoms with Crippen LogP contribution in [0.2, 0.25) is 0 Å². The van der Waals surface area contributed by atoms with Gasteiger partial charge in [-0.2, -0.15) is 0 Å². The molecule has 0 aromatic heterocycles. The first-order valence-corrected chi connectivity index (χ1v) is 8.39. The molecular weight excluding hydrogens is 274 g/mol. The van der Waals surface area contributed by atoms with Crippen LogP contribution in [0.5, 0.6) is 0 Å². The molecule has 4 nitrogen and oxygen atoms in total. The van der Waals surface area contributed by atoms with E-state index in [-0.39, 0.29) is 5.91 Å². The Morgan fingerprint density at radius 1 is 1.27 bits per heavy atom. The Balaban J connectivity index is 1.77. The van der Waals surface area contributed by atoms with E-state index in [0.717, 1.165) is 43.3 Å². The lowest BCUT2D eigenvalue weighted by molar-refractivity contribution is -0.117. The van der Waals surface area contributed by atoms with Crippen LogP contribution >= 0.6 is 0 Å². The van der Waals surface area contributed by atoms with Gasteiger partial charge in [0.1, 0.15) is 0 Å². The number of anilines is 1. The van der Waals surface area contributed by atoms with Gasteiger partial charge in [0.05, 0.1) is 6.54 Å². The molecule has 0 spiro atoms. The van der Waals surface area contributed by atoms with Crippen molar-refractivity contribution in [2.75, 3.05) is 38.0 Å². The van der Waals surface area contributed by atoms with Gasteiger partial charge in [0.15, 0.2) is 0 Å². The number of carbonyl (C=O) groups excluding carboxylic acids is 1. The zero-order valence-electron chi connectivity index (χ0n) is 14.1. The number of nitrogens with one attached hydrogen (secondary N) is 2. The Hall–Kier alpha value is -1.39. The summed E-state index contributed by atoms with van der Waals surface area (Å²) in [4.78, 5) is 14.5. The van der Waals surface area contributed by atoms with Gasteiger partial charge in [0.2, 0.25) is 5.91 Å². The predicted molar refractivity (Wildman–Crippen MR) is 92.3 cm³/mol. The average Bonchev–Trinajstić information content (AvgIpc) is 2.51. The molecule has 0 bridgehead atoms. The third-order valence-corrected chi connectivity index (χ3v) is 4.64. The first-order valence-electron chi connectivity index (χ1n) is 8.39. The number of aryl methyl sites for hydroxylation is 1. The maximum atomic E-state index is 12.2. The van der Waals surface area contributed by atoms with Gasteiger partial charge in [0, 0.05) is 5.69 Å². The van der Waals surface area contributed by atoms with Crippen molar-refractivity contribution in [3.63, 3.8) is 0 Å². The number of rotatable bonds is 6. The Morgan fingerprint density at radius 2 is 2.00 bits per heavy atom. The van der Waals surface area contributed by atoms with Crippen LogP contribution in [0.1, 0.15) is 30.9 Å². The van der Waals surface area contributed by atoms with Crippen LogP contribution in [-0.2, 0) is 4.79 Å². The van der Waals surface area contributed by atoms with Gasteiger partial charge in [-0.3, -0.25) is 9.69 Å². The fourth-order valence-corrected chi connectivity index (χ4v) is 2.98. The maximum Gasteiger partial charge on any atom is 0.238 e. The van der Waals surface area contributed by atoms with Crippen LogP contribution < -0.4 is 10.6 Å². The highest BCUT2D eigenvalue weighted by atomic mass is 16.2. The smallest absolute Gasteiger partial charge is 0.238 e. The second-order valence-corrected chi connectivity index (χ2v) is 6.32. The molecule has 2 N–H and O–H groups in total. The summed E-state index contributed by atoms with van der Waals surface area (Å²) < 4.78 is 0. The molecule has 0 aliphatic carbocycles. The molecule has 1 aromatic carbocycles. The quantitative estimate of drug-likeness (QED) is 0.849. The van der Waals surface area contributed by atoms with Gasteiger partial charge in [-0.1, -0.05) is 19.1 Å². The van der Waals surface area contributed by atoms with Crippen LogP contribution in [0, 0.1) is 19.8 Å². The molecule has 1 saturated heterocycles. The second-order valence-electron chi connectivity index (χ2n) is 6.32. The van der Waals surface area contributed by atoms with E-state index in [9.17, 15) is 4.79 Å². The van der Waals surface area contributed by atoms with Crippen LogP contribution in [0.4, 0.5) is 5.69 Å². The summed E-state index contributed by atoms with van der Waals surface area (Å²) in [6.07, 6.45) is 2.37. The molecule has 22 heavy (non-hydrogen) atoms. The van der Waals surface area contributed by atoms with Crippen molar-refractivity contribution in [1.29, 1.82) is 0 Å². The molecule has 1 amide bonds. The lowest BCUT2D eigenvalue weighted by Gasteiger charge is -2.31. The summed E-state index contributed by atoms with van der Waals surface area (Å²) in [7, 11) is 0. The largest absolute Gasteiger partial charge is 0.325 e. The first-order chi connectivity index (χ1) is 10.6. The lowest BCUT2D eigenvalue weighted by Crippen LogP contribution is -2.41. The van der Waals surface area contributed by atoms with Gasteiger partial charge >= 0.3 is 0 Å². The Bertz CT molecular complexity index is 493. The molecular formula is C18H29N3O. The number of likely N-dealkylation sites (tertiary alicyclic amines) is 1. The van der Waals surface area contributed by atoms with Crippen molar-refractivity contribution in [3.8, 4) is 0 Å². The fraction of sp³-hybridized carbons (Fsp3) is 0.611. The molecule has 122 valence electrons. The molecule has 0 radical (unpaired) electrons. The van der Waals surface area contributed by atoms with Crippen molar-refractivity contribution >= 4 is 11.6 Å². The monoisotopic (exact) mass is 303 g/mol. The van der Waals surface area contributed by atoms with Gasteiger partial charge in [-0.05, 0) is 76.0 Å². The Labute approximate surface area is 134 Å². The van der Waals surface area contributed by atoms with Crippen molar-refractivity contribution < 1.29 is 4.79 Å². The van der Waals surface area contributed by atoms with Crippen molar-refractivity contribution in [2.45, 2.75) is 33.6 Å². The minimum absolute atomic E-state index is 0.0961. The van der Waals surface area contributed by atoms with Crippen LogP contribution in [0.15, 0.2) is 18.2 Å². The summed E-state index contributed by atoms with van der Waals surface area (Å²) >= 11 is 0. The number of hydrogen-bond donors (Lipinski definition) is 2. The normalized spacial score (nSPS) is 16.7.